The lowest BCUT2D eigenvalue weighted by Crippen LogP contribution is -2.24. The molecule has 1 heterocycles. The minimum absolute atomic E-state index is 0.0115. The molecule has 0 saturated heterocycles. The van der Waals surface area contributed by atoms with E-state index in [1.165, 1.54) is 0 Å². The number of H-pyrrole nitrogens is 1. The lowest BCUT2D eigenvalue weighted by Gasteiger charge is -2.09. The number of nitrogens with zero attached hydrogens (tertiary/aromatic N) is 2. The Bertz CT molecular complexity index is 1070. The minimum atomic E-state index is -0.889. The smallest absolute Gasteiger partial charge is 0.303 e. The molecule has 0 spiro atoms. The molecule has 0 unspecified atom stereocenters. The van der Waals surface area contributed by atoms with Crippen molar-refractivity contribution in [1.29, 1.82) is 0 Å². The van der Waals surface area contributed by atoms with Crippen LogP contribution >= 0.6 is 0 Å². The van der Waals surface area contributed by atoms with E-state index in [1.54, 1.807) is 31.2 Å². The maximum atomic E-state index is 12.2. The highest BCUT2D eigenvalue weighted by atomic mass is 16.4. The second-order valence-electron chi connectivity index (χ2n) is 7.36. The number of unbranched alkanes of at least 4 members (excludes halogenated alkanes) is 1. The van der Waals surface area contributed by atoms with Gasteiger partial charge in [-0.15, -0.1) is 0 Å². The highest BCUT2D eigenvalue weighted by molar-refractivity contribution is 6.00. The Labute approximate surface area is 192 Å². The number of hydrogen-bond donors (Lipinski definition) is 5. The lowest BCUT2D eigenvalue weighted by atomic mass is 10.2. The topological polar surface area (TPSA) is 163 Å². The van der Waals surface area contributed by atoms with E-state index in [1.807, 2.05) is 12.2 Å². The number of nitrogens with two attached hydrogens (primary N) is 1. The molecule has 176 valence electrons. The van der Waals surface area contributed by atoms with Gasteiger partial charge in [-0.3, -0.25) is 19.4 Å². The molecule has 0 radical (unpaired) electrons. The number of nitrogen functional groups attached to an aromatic ring is 1. The summed E-state index contributed by atoms with van der Waals surface area (Å²) in [5.41, 5.74) is 7.71. The van der Waals surface area contributed by atoms with Gasteiger partial charge in [0.1, 0.15) is 5.69 Å². The van der Waals surface area contributed by atoms with Crippen LogP contribution in [0.5, 0.6) is 0 Å². The quantitative estimate of drug-likeness (QED) is 0.243. The monoisotopic (exact) mass is 454 g/mol. The maximum absolute atomic E-state index is 12.2. The van der Waals surface area contributed by atoms with E-state index < -0.39 is 11.5 Å². The van der Waals surface area contributed by atoms with Crippen molar-refractivity contribution in [2.45, 2.75) is 39.5 Å². The molecule has 2 aromatic rings. The van der Waals surface area contributed by atoms with Crippen LogP contribution in [0, 0.1) is 6.92 Å². The van der Waals surface area contributed by atoms with Crippen molar-refractivity contribution in [3.05, 3.63) is 58.0 Å². The first-order valence-electron chi connectivity index (χ1n) is 10.7. The zero-order chi connectivity index (χ0) is 24.2. The molecule has 0 aliphatic rings. The molecule has 1 aromatic carbocycles. The third-order valence-electron chi connectivity index (χ3n) is 4.58. The molecule has 10 heteroatoms. The Morgan fingerprint density at radius 2 is 2.00 bits per heavy atom. The van der Waals surface area contributed by atoms with Crippen LogP contribution in [0.25, 0.3) is 0 Å². The highest BCUT2D eigenvalue weighted by Crippen LogP contribution is 2.13. The van der Waals surface area contributed by atoms with Crippen LogP contribution in [0.15, 0.2) is 46.2 Å². The van der Waals surface area contributed by atoms with Gasteiger partial charge in [0.15, 0.2) is 0 Å². The summed E-state index contributed by atoms with van der Waals surface area (Å²) >= 11 is 0. The standard InChI is InChI=1S/C23H30N6O4/c1-3-4-5-7-18(28-20-15(2)27-23(24)29-22(20)33)14-26-17-11-9-16(10-12-17)21(32)25-13-6-8-19(30)31/h5,7,9-12,26H,3-4,6,8,13-14H2,1-2H3,(H,25,32)(H,30,31)(H3,24,27,29,33)/b7-5+,28-18?. The van der Waals surface area contributed by atoms with Gasteiger partial charge in [-0.05, 0) is 50.1 Å². The van der Waals surface area contributed by atoms with Gasteiger partial charge in [-0.2, -0.15) is 0 Å². The predicted octanol–water partition coefficient (Wildman–Crippen LogP) is 2.80. The van der Waals surface area contributed by atoms with Crippen molar-refractivity contribution in [2.24, 2.45) is 4.99 Å². The Morgan fingerprint density at radius 3 is 2.64 bits per heavy atom. The third-order valence-corrected chi connectivity index (χ3v) is 4.58. The van der Waals surface area contributed by atoms with Gasteiger partial charge in [0, 0.05) is 24.2 Å². The zero-order valence-corrected chi connectivity index (χ0v) is 18.9. The van der Waals surface area contributed by atoms with E-state index in [-0.39, 0.29) is 24.0 Å². The fraction of sp³-hybridized carbons (Fsp3) is 0.348. The van der Waals surface area contributed by atoms with Crippen molar-refractivity contribution < 1.29 is 14.7 Å². The first kappa shape index (κ1) is 25.3. The first-order chi connectivity index (χ1) is 15.8. The second-order valence-corrected chi connectivity index (χ2v) is 7.36. The number of carboxylic acid groups (broad SMARTS) is 1. The Balaban J connectivity index is 2.06. The molecule has 6 N–H and O–H groups in total. The van der Waals surface area contributed by atoms with Gasteiger partial charge < -0.3 is 21.5 Å². The summed E-state index contributed by atoms with van der Waals surface area (Å²) in [6.07, 6.45) is 6.11. The Morgan fingerprint density at radius 1 is 1.27 bits per heavy atom. The summed E-state index contributed by atoms with van der Waals surface area (Å²) in [5, 5.41) is 14.6. The average molecular weight is 455 g/mol. The number of aryl methyl sites for hydroxylation is 1. The van der Waals surface area contributed by atoms with Gasteiger partial charge in [0.25, 0.3) is 11.5 Å². The molecule has 0 aliphatic carbocycles. The normalized spacial score (nSPS) is 11.5. The third kappa shape index (κ3) is 8.60. The summed E-state index contributed by atoms with van der Waals surface area (Å²) in [7, 11) is 0. The number of benzene rings is 1. The number of carbonyl (C=O) groups is 2. The molecule has 33 heavy (non-hydrogen) atoms. The molecule has 0 aliphatic heterocycles. The minimum Gasteiger partial charge on any atom is -0.481 e. The van der Waals surface area contributed by atoms with Crippen molar-refractivity contribution in [3.8, 4) is 0 Å². The van der Waals surface area contributed by atoms with Crippen LogP contribution in [0.1, 0.15) is 48.7 Å². The number of carboxylic acids is 1. The number of aromatic amines is 1. The number of hydrogen-bond acceptors (Lipinski definition) is 7. The molecule has 0 saturated carbocycles. The number of amides is 1. The number of rotatable bonds is 12. The number of aliphatic carboxylic acids is 1. The van der Waals surface area contributed by atoms with Crippen molar-refractivity contribution in [2.75, 3.05) is 24.1 Å². The molecule has 0 atom stereocenters. The lowest BCUT2D eigenvalue weighted by molar-refractivity contribution is -0.137. The van der Waals surface area contributed by atoms with Crippen LogP contribution in [-0.2, 0) is 4.79 Å². The van der Waals surface area contributed by atoms with Crippen LogP contribution in [0.4, 0.5) is 17.3 Å². The van der Waals surface area contributed by atoms with E-state index in [9.17, 15) is 14.4 Å². The van der Waals surface area contributed by atoms with Crippen molar-refractivity contribution >= 4 is 34.9 Å². The maximum Gasteiger partial charge on any atom is 0.303 e. The SMILES string of the molecule is CCC/C=C/C(CNc1ccc(C(=O)NCCCC(=O)O)cc1)=Nc1c(C)nc(N)[nH]c1=O. The number of aromatic nitrogens is 2. The summed E-state index contributed by atoms with van der Waals surface area (Å²) in [5.74, 6) is -1.11. The highest BCUT2D eigenvalue weighted by Gasteiger charge is 2.08. The number of carbonyl (C=O) groups excluding carboxylic acids is 1. The summed E-state index contributed by atoms with van der Waals surface area (Å²) in [4.78, 5) is 45.9. The van der Waals surface area contributed by atoms with Crippen LogP contribution in [-0.4, -0.2) is 45.8 Å². The average Bonchev–Trinajstić information content (AvgIpc) is 2.77. The van der Waals surface area contributed by atoms with E-state index in [4.69, 9.17) is 10.8 Å². The molecule has 0 fully saturated rings. The van der Waals surface area contributed by atoms with Gasteiger partial charge >= 0.3 is 5.97 Å². The van der Waals surface area contributed by atoms with E-state index >= 15 is 0 Å². The summed E-state index contributed by atoms with van der Waals surface area (Å²) < 4.78 is 0. The van der Waals surface area contributed by atoms with Crippen LogP contribution < -0.4 is 21.9 Å². The molecule has 1 aromatic heterocycles. The van der Waals surface area contributed by atoms with Crippen LogP contribution in [0.3, 0.4) is 0 Å². The van der Waals surface area contributed by atoms with E-state index in [0.717, 1.165) is 18.5 Å². The van der Waals surface area contributed by atoms with Gasteiger partial charge in [-0.1, -0.05) is 19.4 Å². The summed E-state index contributed by atoms with van der Waals surface area (Å²) in [6, 6.07) is 6.89. The first-order valence-corrected chi connectivity index (χ1v) is 10.7. The van der Waals surface area contributed by atoms with Crippen molar-refractivity contribution in [3.63, 3.8) is 0 Å². The van der Waals surface area contributed by atoms with E-state index in [0.29, 0.717) is 36.5 Å². The molecule has 0 bridgehead atoms. The van der Waals surface area contributed by atoms with Gasteiger partial charge in [-0.25, -0.2) is 9.98 Å². The number of nitrogens with one attached hydrogen (secondary N) is 3. The fourth-order valence-corrected chi connectivity index (χ4v) is 2.87. The molecular weight excluding hydrogens is 424 g/mol. The van der Waals surface area contributed by atoms with Gasteiger partial charge in [0.2, 0.25) is 5.95 Å². The molecule has 1 amide bonds. The zero-order valence-electron chi connectivity index (χ0n) is 18.9. The summed E-state index contributed by atoms with van der Waals surface area (Å²) in [6.45, 7) is 4.40. The number of anilines is 2. The molecule has 2 rings (SSSR count). The number of allylic oxidation sites excluding steroid dienone is 1. The Hall–Kier alpha value is -3.95. The molecular formula is C23H30N6O4. The fourth-order valence-electron chi connectivity index (χ4n) is 2.87. The largest absolute Gasteiger partial charge is 0.481 e. The number of aliphatic imine (C=N–C) groups is 1. The molecule has 10 nitrogen and oxygen atoms in total. The van der Waals surface area contributed by atoms with Crippen molar-refractivity contribution in [1.82, 2.24) is 15.3 Å². The second kappa shape index (κ2) is 12.8. The Kier molecular flexibility index (Phi) is 9.81. The van der Waals surface area contributed by atoms with E-state index in [2.05, 4.69) is 32.5 Å². The predicted molar refractivity (Wildman–Crippen MR) is 129 cm³/mol. The van der Waals surface area contributed by atoms with Crippen LogP contribution in [0.2, 0.25) is 0 Å². The van der Waals surface area contributed by atoms with Gasteiger partial charge in [0.05, 0.1) is 18.0 Å².